The van der Waals surface area contributed by atoms with E-state index in [1.807, 2.05) is 29.2 Å². The first-order chi connectivity index (χ1) is 9.22. The number of benzene rings is 1. The van der Waals surface area contributed by atoms with E-state index in [4.69, 9.17) is 0 Å². The monoisotopic (exact) mass is 259 g/mol. The van der Waals surface area contributed by atoms with E-state index in [0.717, 1.165) is 37.2 Å². The molecule has 1 aliphatic heterocycles. The molecule has 6 nitrogen and oxygen atoms in total. The summed E-state index contributed by atoms with van der Waals surface area (Å²) >= 11 is 0. The second-order valence-electron chi connectivity index (χ2n) is 4.90. The third-order valence-corrected chi connectivity index (χ3v) is 3.46. The Kier molecular flexibility index (Phi) is 3.16. The molecule has 2 aromatic rings. The van der Waals surface area contributed by atoms with Gasteiger partial charge in [0.05, 0.1) is 0 Å². The quantitative estimate of drug-likeness (QED) is 0.773. The van der Waals surface area contributed by atoms with Crippen LogP contribution in [0.25, 0.3) is 11.0 Å². The molecule has 0 radical (unpaired) electrons. The maximum atomic E-state index is 12.2. The van der Waals surface area contributed by atoms with Crippen molar-refractivity contribution in [3.8, 4) is 0 Å². The SMILES string of the molecule is CN1CCN(C(=O)Cn2nc3ccccc3n2)CC1. The average molecular weight is 259 g/mol. The van der Waals surface area contributed by atoms with Crippen molar-refractivity contribution in [3.05, 3.63) is 24.3 Å². The molecule has 1 fully saturated rings. The molecule has 0 bridgehead atoms. The normalized spacial score (nSPS) is 17.0. The van der Waals surface area contributed by atoms with Gasteiger partial charge in [-0.15, -0.1) is 0 Å². The van der Waals surface area contributed by atoms with Gasteiger partial charge in [0.15, 0.2) is 0 Å². The lowest BCUT2D eigenvalue weighted by atomic mass is 10.3. The van der Waals surface area contributed by atoms with Gasteiger partial charge in [-0.25, -0.2) is 0 Å². The van der Waals surface area contributed by atoms with Gasteiger partial charge < -0.3 is 9.80 Å². The number of fused-ring (bicyclic) bond motifs is 1. The number of hydrogen-bond acceptors (Lipinski definition) is 4. The minimum absolute atomic E-state index is 0.0911. The smallest absolute Gasteiger partial charge is 0.246 e. The molecule has 1 amide bonds. The summed E-state index contributed by atoms with van der Waals surface area (Å²) in [4.78, 5) is 17.8. The fraction of sp³-hybridized carbons (Fsp3) is 0.462. The number of likely N-dealkylation sites (N-methyl/N-ethyl adjacent to an activating group) is 1. The van der Waals surface area contributed by atoms with Crippen LogP contribution in [0.3, 0.4) is 0 Å². The zero-order chi connectivity index (χ0) is 13.2. The first kappa shape index (κ1) is 12.1. The van der Waals surface area contributed by atoms with Crippen LogP contribution < -0.4 is 0 Å². The van der Waals surface area contributed by atoms with Crippen molar-refractivity contribution in [2.75, 3.05) is 33.2 Å². The summed E-state index contributed by atoms with van der Waals surface area (Å²) in [5.41, 5.74) is 1.65. The number of aromatic nitrogens is 3. The lowest BCUT2D eigenvalue weighted by Crippen LogP contribution is -2.48. The molecule has 19 heavy (non-hydrogen) atoms. The van der Waals surface area contributed by atoms with Gasteiger partial charge in [-0.1, -0.05) is 12.1 Å². The molecule has 0 spiro atoms. The van der Waals surface area contributed by atoms with E-state index in [1.54, 1.807) is 0 Å². The van der Waals surface area contributed by atoms with Crippen LogP contribution in [0.1, 0.15) is 0 Å². The number of carbonyl (C=O) groups is 1. The molecule has 0 aliphatic carbocycles. The Bertz CT molecular complexity index is 552. The molecule has 0 N–H and O–H groups in total. The van der Waals surface area contributed by atoms with Crippen LogP contribution in [0.2, 0.25) is 0 Å². The van der Waals surface area contributed by atoms with E-state index in [0.29, 0.717) is 0 Å². The molecule has 0 unspecified atom stereocenters. The maximum absolute atomic E-state index is 12.2. The van der Waals surface area contributed by atoms with Gasteiger partial charge in [-0.05, 0) is 19.2 Å². The number of rotatable bonds is 2. The summed E-state index contributed by atoms with van der Waals surface area (Å²) in [5, 5.41) is 8.62. The van der Waals surface area contributed by atoms with Crippen molar-refractivity contribution in [3.63, 3.8) is 0 Å². The Labute approximate surface area is 111 Å². The minimum atomic E-state index is 0.0911. The lowest BCUT2D eigenvalue weighted by Gasteiger charge is -2.32. The van der Waals surface area contributed by atoms with Crippen LogP contribution in [0.5, 0.6) is 0 Å². The third-order valence-electron chi connectivity index (χ3n) is 3.46. The fourth-order valence-electron chi connectivity index (χ4n) is 2.25. The summed E-state index contributed by atoms with van der Waals surface area (Å²) in [6, 6.07) is 7.64. The highest BCUT2D eigenvalue weighted by atomic mass is 16.2. The average Bonchev–Trinajstić information content (AvgIpc) is 2.81. The molecular weight excluding hydrogens is 242 g/mol. The van der Waals surface area contributed by atoms with E-state index in [1.165, 1.54) is 4.80 Å². The standard InChI is InChI=1S/C13H17N5O/c1-16-6-8-17(9-7-16)13(19)10-18-14-11-4-2-3-5-12(11)15-18/h2-5H,6-10H2,1H3. The van der Waals surface area contributed by atoms with E-state index in [9.17, 15) is 4.79 Å². The van der Waals surface area contributed by atoms with E-state index < -0.39 is 0 Å². The zero-order valence-electron chi connectivity index (χ0n) is 11.0. The van der Waals surface area contributed by atoms with Crippen molar-refractivity contribution in [2.45, 2.75) is 6.54 Å². The molecule has 6 heteroatoms. The van der Waals surface area contributed by atoms with E-state index in [-0.39, 0.29) is 12.5 Å². The topological polar surface area (TPSA) is 54.3 Å². The molecule has 0 atom stereocenters. The number of carbonyl (C=O) groups excluding carboxylic acids is 1. The molecule has 3 rings (SSSR count). The predicted octanol–water partition coefficient (Wildman–Crippen LogP) is 0.205. The fourth-order valence-corrected chi connectivity index (χ4v) is 2.25. The molecule has 2 heterocycles. The molecule has 0 saturated carbocycles. The number of hydrogen-bond donors (Lipinski definition) is 0. The second kappa shape index (κ2) is 4.97. The molecular formula is C13H17N5O. The van der Waals surface area contributed by atoms with Crippen LogP contribution >= 0.6 is 0 Å². The highest BCUT2D eigenvalue weighted by Crippen LogP contribution is 2.07. The van der Waals surface area contributed by atoms with E-state index >= 15 is 0 Å². The van der Waals surface area contributed by atoms with Gasteiger partial charge in [-0.2, -0.15) is 15.0 Å². The molecule has 1 saturated heterocycles. The highest BCUT2D eigenvalue weighted by molar-refractivity contribution is 5.77. The van der Waals surface area contributed by atoms with Crippen LogP contribution in [-0.2, 0) is 11.3 Å². The number of amides is 1. The third kappa shape index (κ3) is 2.58. The zero-order valence-corrected chi connectivity index (χ0v) is 11.0. The summed E-state index contributed by atoms with van der Waals surface area (Å²) in [6.07, 6.45) is 0. The molecule has 100 valence electrons. The second-order valence-corrected chi connectivity index (χ2v) is 4.90. The van der Waals surface area contributed by atoms with Gasteiger partial charge in [-0.3, -0.25) is 4.79 Å². The van der Waals surface area contributed by atoms with Gasteiger partial charge in [0.1, 0.15) is 17.6 Å². The Hall–Kier alpha value is -1.95. The molecule has 1 aromatic carbocycles. The van der Waals surface area contributed by atoms with Crippen molar-refractivity contribution in [1.29, 1.82) is 0 Å². The summed E-state index contributed by atoms with van der Waals surface area (Å²) in [7, 11) is 2.07. The van der Waals surface area contributed by atoms with Crippen molar-refractivity contribution >= 4 is 16.9 Å². The molecule has 1 aromatic heterocycles. The first-order valence-corrected chi connectivity index (χ1v) is 6.48. The summed E-state index contributed by atoms with van der Waals surface area (Å²) in [6.45, 7) is 3.66. The van der Waals surface area contributed by atoms with Gasteiger partial charge >= 0.3 is 0 Å². The van der Waals surface area contributed by atoms with Gasteiger partial charge in [0.2, 0.25) is 5.91 Å². The van der Waals surface area contributed by atoms with Crippen molar-refractivity contribution < 1.29 is 4.79 Å². The lowest BCUT2D eigenvalue weighted by molar-refractivity contribution is -0.133. The Morgan fingerprint density at radius 3 is 2.26 bits per heavy atom. The Morgan fingerprint density at radius 1 is 1.11 bits per heavy atom. The van der Waals surface area contributed by atoms with E-state index in [2.05, 4.69) is 22.1 Å². The summed E-state index contributed by atoms with van der Waals surface area (Å²) < 4.78 is 0. The van der Waals surface area contributed by atoms with Crippen LogP contribution in [-0.4, -0.2) is 63.9 Å². The van der Waals surface area contributed by atoms with Crippen LogP contribution in [0.15, 0.2) is 24.3 Å². The van der Waals surface area contributed by atoms with Crippen LogP contribution in [0, 0.1) is 0 Å². The molecule has 1 aliphatic rings. The van der Waals surface area contributed by atoms with Gasteiger partial charge in [0, 0.05) is 26.2 Å². The number of piperazine rings is 1. The summed E-state index contributed by atoms with van der Waals surface area (Å²) in [5.74, 6) is 0.0911. The number of nitrogens with zero attached hydrogens (tertiary/aromatic N) is 5. The Balaban J connectivity index is 1.68. The minimum Gasteiger partial charge on any atom is -0.338 e. The van der Waals surface area contributed by atoms with Crippen molar-refractivity contribution in [1.82, 2.24) is 24.8 Å². The Morgan fingerprint density at radius 2 is 1.68 bits per heavy atom. The maximum Gasteiger partial charge on any atom is 0.246 e. The first-order valence-electron chi connectivity index (χ1n) is 6.48. The largest absolute Gasteiger partial charge is 0.338 e. The van der Waals surface area contributed by atoms with Crippen LogP contribution in [0.4, 0.5) is 0 Å². The van der Waals surface area contributed by atoms with Gasteiger partial charge in [0.25, 0.3) is 0 Å². The predicted molar refractivity (Wildman–Crippen MR) is 71.6 cm³/mol. The highest BCUT2D eigenvalue weighted by Gasteiger charge is 2.19. The van der Waals surface area contributed by atoms with Crippen molar-refractivity contribution in [2.24, 2.45) is 0 Å².